The molecule has 2 aliphatic heterocycles. The quantitative estimate of drug-likeness (QED) is 0.191. The third kappa shape index (κ3) is 8.04. The number of hydrogen-bond donors (Lipinski definition) is 2. The summed E-state index contributed by atoms with van der Waals surface area (Å²) in [5, 5.41) is 6.14. The van der Waals surface area contributed by atoms with Crippen LogP contribution in [0.4, 0.5) is 22.1 Å². The topological polar surface area (TPSA) is 150 Å². The smallest absolute Gasteiger partial charge is 0.410 e. The van der Waals surface area contributed by atoms with Crippen molar-refractivity contribution in [2.75, 3.05) is 42.2 Å². The van der Waals surface area contributed by atoms with Crippen molar-refractivity contribution < 1.29 is 23.9 Å². The maximum atomic E-state index is 14.7. The summed E-state index contributed by atoms with van der Waals surface area (Å²) in [5.41, 5.74) is 3.01. The molecule has 7 rings (SSSR count). The Labute approximate surface area is 331 Å². The van der Waals surface area contributed by atoms with E-state index in [1.165, 1.54) is 4.90 Å². The normalized spacial score (nSPS) is 18.2. The van der Waals surface area contributed by atoms with E-state index in [1.807, 2.05) is 82.3 Å². The lowest BCUT2D eigenvalue weighted by atomic mass is 9.78. The summed E-state index contributed by atoms with van der Waals surface area (Å²) < 4.78 is 5.58. The second-order valence-corrected chi connectivity index (χ2v) is 16.7. The van der Waals surface area contributed by atoms with Gasteiger partial charge in [0.1, 0.15) is 23.8 Å². The van der Waals surface area contributed by atoms with Gasteiger partial charge in [0, 0.05) is 62.3 Å². The molecule has 1 fully saturated rings. The first-order valence-electron chi connectivity index (χ1n) is 18.8. The number of nitrogens with one attached hydrogen (secondary N) is 2. The molecule has 1 spiro atoms. The molecule has 56 heavy (non-hydrogen) atoms. The number of benzene rings is 2. The van der Waals surface area contributed by atoms with Crippen LogP contribution in [0.1, 0.15) is 68.4 Å². The molecule has 4 amide bonds. The summed E-state index contributed by atoms with van der Waals surface area (Å²) in [5.74, 6) is 0.741. The molecule has 4 aromatic rings. The summed E-state index contributed by atoms with van der Waals surface area (Å²) in [6.07, 6.45) is 4.93. The van der Waals surface area contributed by atoms with E-state index in [9.17, 15) is 19.2 Å². The molecule has 4 heterocycles. The third-order valence-electron chi connectivity index (χ3n) is 11.0. The van der Waals surface area contributed by atoms with E-state index in [0.29, 0.717) is 56.1 Å². The Morgan fingerprint density at radius 1 is 0.946 bits per heavy atom. The average molecular weight is 779 g/mol. The van der Waals surface area contributed by atoms with Crippen LogP contribution in [0, 0.1) is 5.41 Å². The van der Waals surface area contributed by atoms with E-state index in [1.54, 1.807) is 30.4 Å². The van der Waals surface area contributed by atoms with Crippen molar-refractivity contribution in [3.8, 4) is 0 Å². The maximum absolute atomic E-state index is 14.7. The Bertz CT molecular complexity index is 2180. The van der Waals surface area contributed by atoms with Crippen molar-refractivity contribution in [2.45, 2.75) is 77.5 Å². The van der Waals surface area contributed by atoms with Gasteiger partial charge in [0.15, 0.2) is 0 Å². The number of carbonyl (C=O) groups is 4. The van der Waals surface area contributed by atoms with Gasteiger partial charge in [-0.15, -0.1) is 0 Å². The Balaban J connectivity index is 1.10. The van der Waals surface area contributed by atoms with E-state index in [4.69, 9.17) is 16.3 Å². The lowest BCUT2D eigenvalue weighted by Gasteiger charge is -2.41. The monoisotopic (exact) mass is 778 g/mol. The zero-order chi connectivity index (χ0) is 39.8. The maximum Gasteiger partial charge on any atom is 0.410 e. The van der Waals surface area contributed by atoms with Crippen molar-refractivity contribution in [2.24, 2.45) is 5.41 Å². The van der Waals surface area contributed by atoms with Gasteiger partial charge in [-0.1, -0.05) is 43.3 Å². The fraction of sp³-hybridized carbons (Fsp3) is 0.405. The van der Waals surface area contributed by atoms with Gasteiger partial charge in [0.25, 0.3) is 0 Å². The number of aromatic nitrogens is 3. The molecular weight excluding hydrogens is 732 g/mol. The number of hydrogen-bond acceptors (Lipinski definition) is 9. The number of amides is 4. The number of ether oxygens (including phenoxy) is 1. The van der Waals surface area contributed by atoms with Crippen LogP contribution in [-0.2, 0) is 50.5 Å². The van der Waals surface area contributed by atoms with Crippen molar-refractivity contribution in [3.63, 3.8) is 0 Å². The molecule has 2 N–H and O–H groups in total. The molecule has 3 aliphatic rings. The second-order valence-electron chi connectivity index (χ2n) is 16.3. The number of pyridine rings is 1. The van der Waals surface area contributed by atoms with Crippen LogP contribution in [0.3, 0.4) is 0 Å². The van der Waals surface area contributed by atoms with Crippen LogP contribution in [0.2, 0.25) is 5.28 Å². The molecular formula is C42H47ClN8O5. The Morgan fingerprint density at radius 2 is 1.66 bits per heavy atom. The van der Waals surface area contributed by atoms with Crippen LogP contribution < -0.4 is 15.5 Å². The third-order valence-corrected chi connectivity index (χ3v) is 11.2. The van der Waals surface area contributed by atoms with Crippen LogP contribution in [0.5, 0.6) is 0 Å². The zero-order valence-electron chi connectivity index (χ0n) is 32.4. The van der Waals surface area contributed by atoms with E-state index in [2.05, 4.69) is 30.5 Å². The zero-order valence-corrected chi connectivity index (χ0v) is 33.2. The van der Waals surface area contributed by atoms with Gasteiger partial charge in [-0.05, 0) is 105 Å². The molecule has 1 saturated heterocycles. The fourth-order valence-corrected chi connectivity index (χ4v) is 8.12. The molecule has 292 valence electrons. The predicted molar refractivity (Wildman–Crippen MR) is 213 cm³/mol. The van der Waals surface area contributed by atoms with Gasteiger partial charge < -0.3 is 30.1 Å². The van der Waals surface area contributed by atoms with Crippen molar-refractivity contribution in [3.05, 3.63) is 106 Å². The molecule has 0 unspecified atom stereocenters. The SMILES string of the molecule is CN(Cc1ccccc1CN(CC(=O)Nc1ccc2c(c1)C[C@@]1(C2)C(=O)Nc2ncccc21)C(=O)C1(C)CCN(c2ccnc(Cl)n2)CC1)C(=O)OC(C)(C)C. The first kappa shape index (κ1) is 38.7. The van der Waals surface area contributed by atoms with Crippen LogP contribution in [0.25, 0.3) is 0 Å². The lowest BCUT2D eigenvalue weighted by Crippen LogP contribution is -2.50. The Hall–Kier alpha value is -5.56. The molecule has 2 aromatic heterocycles. The minimum Gasteiger partial charge on any atom is -0.444 e. The van der Waals surface area contributed by atoms with Gasteiger partial charge in [0.2, 0.25) is 23.0 Å². The first-order chi connectivity index (χ1) is 26.6. The van der Waals surface area contributed by atoms with Crippen LogP contribution in [0.15, 0.2) is 73.1 Å². The van der Waals surface area contributed by atoms with E-state index < -0.39 is 22.5 Å². The van der Waals surface area contributed by atoms with E-state index in [-0.39, 0.29) is 42.6 Å². The van der Waals surface area contributed by atoms with Gasteiger partial charge in [-0.25, -0.2) is 19.7 Å². The highest BCUT2D eigenvalue weighted by Gasteiger charge is 2.51. The number of nitrogens with zero attached hydrogens (tertiary/aromatic N) is 6. The Kier molecular flexibility index (Phi) is 10.5. The largest absolute Gasteiger partial charge is 0.444 e. The van der Waals surface area contributed by atoms with Gasteiger partial charge in [0.05, 0.1) is 5.41 Å². The van der Waals surface area contributed by atoms with Crippen LogP contribution >= 0.6 is 11.6 Å². The second kappa shape index (κ2) is 15.2. The lowest BCUT2D eigenvalue weighted by molar-refractivity contribution is -0.145. The number of anilines is 3. The Morgan fingerprint density at radius 3 is 2.38 bits per heavy atom. The number of fused-ring (bicyclic) bond motifs is 3. The van der Waals surface area contributed by atoms with E-state index in [0.717, 1.165) is 27.8 Å². The summed E-state index contributed by atoms with van der Waals surface area (Å²) >= 11 is 6.07. The highest BCUT2D eigenvalue weighted by atomic mass is 35.5. The molecule has 14 heteroatoms. The van der Waals surface area contributed by atoms with Gasteiger partial charge in [-0.3, -0.25) is 14.4 Å². The molecule has 2 aromatic carbocycles. The number of carbonyl (C=O) groups excluding carboxylic acids is 4. The summed E-state index contributed by atoms with van der Waals surface area (Å²) in [6, 6.07) is 18.9. The first-order valence-corrected chi connectivity index (χ1v) is 19.2. The summed E-state index contributed by atoms with van der Waals surface area (Å²) in [4.78, 5) is 72.7. The molecule has 1 aliphatic carbocycles. The number of rotatable bonds is 9. The predicted octanol–water partition coefficient (Wildman–Crippen LogP) is 6.15. The highest BCUT2D eigenvalue weighted by molar-refractivity contribution is 6.28. The highest BCUT2D eigenvalue weighted by Crippen LogP contribution is 2.47. The molecule has 0 saturated carbocycles. The van der Waals surface area contributed by atoms with Crippen molar-refractivity contribution in [1.29, 1.82) is 0 Å². The molecule has 0 radical (unpaired) electrons. The van der Waals surface area contributed by atoms with Crippen molar-refractivity contribution in [1.82, 2.24) is 24.8 Å². The minimum absolute atomic E-state index is 0.0696. The van der Waals surface area contributed by atoms with Crippen LogP contribution in [-0.4, -0.2) is 80.8 Å². The molecule has 13 nitrogen and oxygen atoms in total. The van der Waals surface area contributed by atoms with Gasteiger partial charge >= 0.3 is 6.09 Å². The standard InChI is InChI=1S/C42H47ClN8O5/c1-40(2,3)56-39(55)49(5)24-28-9-6-7-10-29(28)25-51(37(54)41(4)15-19-50(20-16-41)33-14-18-45-38(43)47-33)26-34(52)46-31-13-12-27-22-42(23-30(27)21-31)32-11-8-17-44-35(32)48-36(42)53/h6-14,17-18,21H,15-16,19-20,22-26H2,1-5H3,(H,46,52)(H,44,48,53)/t42-/m1/s1. The summed E-state index contributed by atoms with van der Waals surface area (Å²) in [6.45, 7) is 8.76. The fourth-order valence-electron chi connectivity index (χ4n) is 7.98. The van der Waals surface area contributed by atoms with Crippen molar-refractivity contribution >= 4 is 52.7 Å². The minimum atomic E-state index is -0.759. The van der Waals surface area contributed by atoms with E-state index >= 15 is 0 Å². The molecule has 1 atom stereocenters. The number of halogens is 1. The average Bonchev–Trinajstić information content (AvgIpc) is 3.67. The molecule has 0 bridgehead atoms. The van der Waals surface area contributed by atoms with Gasteiger partial charge in [-0.2, -0.15) is 0 Å². The number of piperidine rings is 1. The summed E-state index contributed by atoms with van der Waals surface area (Å²) in [7, 11) is 1.67.